The number of benzene rings is 1. The number of rotatable bonds is 4. The van der Waals surface area contributed by atoms with E-state index in [1.54, 1.807) is 6.07 Å². The molecule has 4 nitrogen and oxygen atoms in total. The molecule has 0 amide bonds. The van der Waals surface area contributed by atoms with Gasteiger partial charge in [0.25, 0.3) is 0 Å². The van der Waals surface area contributed by atoms with E-state index in [9.17, 15) is 9.50 Å². The van der Waals surface area contributed by atoms with Crippen molar-refractivity contribution in [1.82, 2.24) is 4.90 Å². The van der Waals surface area contributed by atoms with E-state index in [0.29, 0.717) is 12.1 Å². The Kier molecular flexibility index (Phi) is 4.86. The van der Waals surface area contributed by atoms with Gasteiger partial charge in [0.2, 0.25) is 0 Å². The predicted molar refractivity (Wildman–Crippen MR) is 84.0 cm³/mol. The summed E-state index contributed by atoms with van der Waals surface area (Å²) >= 11 is 0. The molecule has 0 unspecified atom stereocenters. The summed E-state index contributed by atoms with van der Waals surface area (Å²) in [5.74, 6) is -0.235. The van der Waals surface area contributed by atoms with Crippen LogP contribution in [0.2, 0.25) is 0 Å². The number of nitrogens with zero attached hydrogens (tertiary/aromatic N) is 2. The Balaban J connectivity index is 2.08. The molecule has 1 aromatic rings. The number of piperazine rings is 1. The predicted octanol–water partition coefficient (Wildman–Crippen LogP) is 1.74. The van der Waals surface area contributed by atoms with E-state index in [1.165, 1.54) is 6.07 Å². The summed E-state index contributed by atoms with van der Waals surface area (Å²) in [6.45, 7) is 9.47. The standard InChI is InChI=1S/C16H26FN3O/c1-12(18)15-13(17)5-4-6-14(15)20-9-7-19(8-10-20)11-16(2,3)21/h4-6,12,21H,7-11,18H2,1-3H3/t12-/m1/s1. The minimum atomic E-state index is -0.683. The maximum absolute atomic E-state index is 14.0. The maximum atomic E-state index is 14.0. The van der Waals surface area contributed by atoms with E-state index in [-0.39, 0.29) is 11.9 Å². The molecule has 21 heavy (non-hydrogen) atoms. The molecule has 1 aliphatic rings. The van der Waals surface area contributed by atoms with Crippen LogP contribution in [0.3, 0.4) is 0 Å². The van der Waals surface area contributed by atoms with Crippen LogP contribution in [-0.4, -0.2) is 48.3 Å². The van der Waals surface area contributed by atoms with E-state index >= 15 is 0 Å². The van der Waals surface area contributed by atoms with Gasteiger partial charge in [-0.3, -0.25) is 4.90 Å². The molecule has 1 saturated heterocycles. The van der Waals surface area contributed by atoms with Crippen molar-refractivity contribution in [2.75, 3.05) is 37.6 Å². The lowest BCUT2D eigenvalue weighted by atomic mass is 10.0. The minimum Gasteiger partial charge on any atom is -0.389 e. The van der Waals surface area contributed by atoms with E-state index in [0.717, 1.165) is 31.9 Å². The van der Waals surface area contributed by atoms with Crippen molar-refractivity contribution < 1.29 is 9.50 Å². The highest BCUT2D eigenvalue weighted by molar-refractivity contribution is 5.55. The Bertz CT molecular complexity index is 477. The molecule has 0 spiro atoms. The van der Waals surface area contributed by atoms with E-state index in [4.69, 9.17) is 5.73 Å². The summed E-state index contributed by atoms with van der Waals surface area (Å²) in [5.41, 5.74) is 6.73. The first-order valence-corrected chi connectivity index (χ1v) is 7.51. The summed E-state index contributed by atoms with van der Waals surface area (Å²) in [6.07, 6.45) is 0. The molecule has 1 fully saturated rings. The second-order valence-corrected chi connectivity index (χ2v) is 6.54. The average Bonchev–Trinajstić information content (AvgIpc) is 2.37. The molecule has 3 N–H and O–H groups in total. The summed E-state index contributed by atoms with van der Waals surface area (Å²) in [4.78, 5) is 4.42. The van der Waals surface area contributed by atoms with Gasteiger partial charge in [0.05, 0.1) is 5.60 Å². The van der Waals surface area contributed by atoms with Crippen molar-refractivity contribution >= 4 is 5.69 Å². The fourth-order valence-corrected chi connectivity index (χ4v) is 2.95. The second-order valence-electron chi connectivity index (χ2n) is 6.54. The molecule has 1 aliphatic heterocycles. The smallest absolute Gasteiger partial charge is 0.130 e. The third kappa shape index (κ3) is 4.15. The van der Waals surface area contributed by atoms with Crippen molar-refractivity contribution in [2.24, 2.45) is 5.73 Å². The Morgan fingerprint density at radius 1 is 1.29 bits per heavy atom. The van der Waals surface area contributed by atoms with Gasteiger partial charge in [-0.05, 0) is 32.9 Å². The van der Waals surface area contributed by atoms with E-state index in [2.05, 4.69) is 9.80 Å². The summed E-state index contributed by atoms with van der Waals surface area (Å²) in [6, 6.07) is 4.82. The number of hydrogen-bond acceptors (Lipinski definition) is 4. The lowest BCUT2D eigenvalue weighted by Crippen LogP contribution is -2.50. The fourth-order valence-electron chi connectivity index (χ4n) is 2.95. The van der Waals surface area contributed by atoms with Gasteiger partial charge >= 0.3 is 0 Å². The van der Waals surface area contributed by atoms with E-state index in [1.807, 2.05) is 26.8 Å². The number of halogens is 1. The normalized spacial score (nSPS) is 18.9. The first kappa shape index (κ1) is 16.2. The van der Waals surface area contributed by atoms with Gasteiger partial charge < -0.3 is 15.7 Å². The first-order chi connectivity index (χ1) is 9.78. The molecule has 0 bridgehead atoms. The third-order valence-electron chi connectivity index (χ3n) is 3.81. The van der Waals surface area contributed by atoms with Crippen molar-refractivity contribution in [3.8, 4) is 0 Å². The van der Waals surface area contributed by atoms with Crippen LogP contribution in [0.4, 0.5) is 10.1 Å². The van der Waals surface area contributed by atoms with E-state index < -0.39 is 5.60 Å². The zero-order chi connectivity index (χ0) is 15.6. The molecule has 5 heteroatoms. The summed E-state index contributed by atoms with van der Waals surface area (Å²) < 4.78 is 14.0. The molecular formula is C16H26FN3O. The molecular weight excluding hydrogens is 269 g/mol. The highest BCUT2D eigenvalue weighted by atomic mass is 19.1. The Labute approximate surface area is 126 Å². The second kappa shape index (κ2) is 6.30. The highest BCUT2D eigenvalue weighted by Gasteiger charge is 2.25. The molecule has 2 rings (SSSR count). The van der Waals surface area contributed by atoms with Crippen molar-refractivity contribution in [3.05, 3.63) is 29.6 Å². The van der Waals surface area contributed by atoms with Gasteiger partial charge in [0.1, 0.15) is 5.82 Å². The van der Waals surface area contributed by atoms with Crippen LogP contribution in [0.5, 0.6) is 0 Å². The number of hydrogen-bond donors (Lipinski definition) is 2. The Morgan fingerprint density at radius 2 is 1.90 bits per heavy atom. The van der Waals surface area contributed by atoms with Gasteiger partial charge in [0.15, 0.2) is 0 Å². The number of β-amino-alcohol motifs (C(OH)–C–C–N with tert-alkyl or cyclic N) is 1. The lowest BCUT2D eigenvalue weighted by molar-refractivity contribution is 0.0345. The zero-order valence-electron chi connectivity index (χ0n) is 13.1. The highest BCUT2D eigenvalue weighted by Crippen LogP contribution is 2.28. The first-order valence-electron chi connectivity index (χ1n) is 7.51. The quantitative estimate of drug-likeness (QED) is 0.888. The third-order valence-corrected chi connectivity index (χ3v) is 3.81. The van der Waals surface area contributed by atoms with Crippen LogP contribution in [0.25, 0.3) is 0 Å². The molecule has 1 aromatic carbocycles. The molecule has 0 aromatic heterocycles. The van der Waals surface area contributed by atoms with Crippen LogP contribution >= 0.6 is 0 Å². The van der Waals surface area contributed by atoms with Crippen molar-refractivity contribution in [1.29, 1.82) is 0 Å². The fraction of sp³-hybridized carbons (Fsp3) is 0.625. The average molecular weight is 295 g/mol. The van der Waals surface area contributed by atoms with Crippen LogP contribution < -0.4 is 10.6 Å². The number of nitrogens with two attached hydrogens (primary N) is 1. The Hall–Kier alpha value is -1.17. The van der Waals surface area contributed by atoms with Gasteiger partial charge in [-0.2, -0.15) is 0 Å². The van der Waals surface area contributed by atoms with Crippen LogP contribution in [0.15, 0.2) is 18.2 Å². The lowest BCUT2D eigenvalue weighted by Gasteiger charge is -2.39. The van der Waals surface area contributed by atoms with Gasteiger partial charge in [-0.25, -0.2) is 4.39 Å². The molecule has 0 radical (unpaired) electrons. The van der Waals surface area contributed by atoms with Gasteiger partial charge in [0, 0.05) is 50.0 Å². The topological polar surface area (TPSA) is 52.7 Å². The molecule has 0 aliphatic carbocycles. The molecule has 0 saturated carbocycles. The van der Waals surface area contributed by atoms with Crippen LogP contribution in [0.1, 0.15) is 32.4 Å². The number of anilines is 1. The maximum Gasteiger partial charge on any atom is 0.130 e. The SMILES string of the molecule is C[C@@H](N)c1c(F)cccc1N1CCN(CC(C)(C)O)CC1. The van der Waals surface area contributed by atoms with Crippen LogP contribution in [-0.2, 0) is 0 Å². The van der Waals surface area contributed by atoms with Crippen molar-refractivity contribution in [2.45, 2.75) is 32.4 Å². The minimum absolute atomic E-state index is 0.235. The van der Waals surface area contributed by atoms with Crippen LogP contribution in [0, 0.1) is 5.82 Å². The van der Waals surface area contributed by atoms with Gasteiger partial charge in [-0.15, -0.1) is 0 Å². The Morgan fingerprint density at radius 3 is 2.43 bits per heavy atom. The van der Waals surface area contributed by atoms with Gasteiger partial charge in [-0.1, -0.05) is 6.07 Å². The molecule has 118 valence electrons. The number of aliphatic hydroxyl groups is 1. The molecule has 1 atom stereocenters. The monoisotopic (exact) mass is 295 g/mol. The largest absolute Gasteiger partial charge is 0.389 e. The summed E-state index contributed by atoms with van der Waals surface area (Å²) in [5, 5.41) is 9.88. The zero-order valence-corrected chi connectivity index (χ0v) is 13.1. The summed E-state index contributed by atoms with van der Waals surface area (Å²) in [7, 11) is 0. The van der Waals surface area contributed by atoms with Crippen molar-refractivity contribution in [3.63, 3.8) is 0 Å². The molecule has 1 heterocycles.